The first-order valence-corrected chi connectivity index (χ1v) is 5.75. The van der Waals surface area contributed by atoms with Crippen molar-refractivity contribution in [1.82, 2.24) is 0 Å². The number of aliphatic hydroxyl groups excluding tert-OH is 1. The summed E-state index contributed by atoms with van der Waals surface area (Å²) in [5, 5.41) is 9.54. The molecule has 2 nitrogen and oxygen atoms in total. The molecule has 0 bridgehead atoms. The molecule has 1 unspecified atom stereocenters. The number of hydrogen-bond acceptors (Lipinski definition) is 2. The van der Waals surface area contributed by atoms with Crippen molar-refractivity contribution in [3.63, 3.8) is 0 Å². The largest absolute Gasteiger partial charge is 0.402 e. The van der Waals surface area contributed by atoms with E-state index in [1.54, 1.807) is 0 Å². The first-order chi connectivity index (χ1) is 7.21. The molecule has 0 fully saturated rings. The van der Waals surface area contributed by atoms with Crippen LogP contribution in [-0.2, 0) is 0 Å². The highest BCUT2D eigenvalue weighted by Gasteiger charge is 2.22. The van der Waals surface area contributed by atoms with Crippen molar-refractivity contribution in [2.24, 2.45) is 11.1 Å². The Hall–Kier alpha value is -1.02. The van der Waals surface area contributed by atoms with Gasteiger partial charge in [-0.25, -0.2) is 0 Å². The van der Waals surface area contributed by atoms with E-state index < -0.39 is 0 Å². The summed E-state index contributed by atoms with van der Waals surface area (Å²) >= 11 is 0. The summed E-state index contributed by atoms with van der Waals surface area (Å²) in [6.07, 6.45) is 3.05. The molecule has 16 heavy (non-hydrogen) atoms. The van der Waals surface area contributed by atoms with Crippen LogP contribution >= 0.6 is 0 Å². The van der Waals surface area contributed by atoms with Crippen LogP contribution in [-0.4, -0.2) is 11.2 Å². The second kappa shape index (κ2) is 4.46. The molecule has 0 aromatic heterocycles. The molecule has 0 aliphatic heterocycles. The van der Waals surface area contributed by atoms with E-state index >= 15 is 0 Å². The molecule has 2 heteroatoms. The SMILES string of the molecule is C=C(/C=C(/C)C1=C(N)CC(O)C1)C(C)(C)C. The van der Waals surface area contributed by atoms with Crippen LogP contribution in [0.1, 0.15) is 40.5 Å². The van der Waals surface area contributed by atoms with Gasteiger partial charge < -0.3 is 10.8 Å². The maximum absolute atomic E-state index is 9.54. The predicted molar refractivity (Wildman–Crippen MR) is 68.8 cm³/mol. The number of rotatable bonds is 2. The molecule has 0 spiro atoms. The Balaban J connectivity index is 2.87. The molecule has 0 amide bonds. The van der Waals surface area contributed by atoms with Crippen LogP contribution in [0.3, 0.4) is 0 Å². The van der Waals surface area contributed by atoms with Crippen molar-refractivity contribution in [1.29, 1.82) is 0 Å². The molecule has 90 valence electrons. The molecule has 1 atom stereocenters. The quantitative estimate of drug-likeness (QED) is 0.704. The molecule has 0 saturated carbocycles. The molecule has 0 aromatic carbocycles. The molecular formula is C14H23NO. The Morgan fingerprint density at radius 2 is 2.00 bits per heavy atom. The lowest BCUT2D eigenvalue weighted by molar-refractivity contribution is 0.186. The van der Waals surface area contributed by atoms with Crippen LogP contribution < -0.4 is 5.73 Å². The van der Waals surface area contributed by atoms with E-state index in [1.165, 1.54) is 0 Å². The van der Waals surface area contributed by atoms with Crippen molar-refractivity contribution in [2.45, 2.75) is 46.6 Å². The minimum Gasteiger partial charge on any atom is -0.402 e. The maximum Gasteiger partial charge on any atom is 0.0635 e. The minimum atomic E-state index is -0.304. The first-order valence-electron chi connectivity index (χ1n) is 5.75. The van der Waals surface area contributed by atoms with Gasteiger partial charge in [0, 0.05) is 18.5 Å². The van der Waals surface area contributed by atoms with Crippen LogP contribution in [0.5, 0.6) is 0 Å². The highest BCUT2D eigenvalue weighted by Crippen LogP contribution is 2.32. The Morgan fingerprint density at radius 3 is 2.38 bits per heavy atom. The molecule has 0 aromatic rings. The van der Waals surface area contributed by atoms with Gasteiger partial charge in [0.05, 0.1) is 6.10 Å². The lowest BCUT2D eigenvalue weighted by Crippen LogP contribution is -2.07. The average Bonchev–Trinajstić information content (AvgIpc) is 2.43. The van der Waals surface area contributed by atoms with E-state index in [1.807, 2.05) is 6.92 Å². The fraction of sp³-hybridized carbons (Fsp3) is 0.571. The van der Waals surface area contributed by atoms with Crippen LogP contribution in [0.2, 0.25) is 0 Å². The fourth-order valence-electron chi connectivity index (χ4n) is 1.80. The van der Waals surface area contributed by atoms with Gasteiger partial charge >= 0.3 is 0 Å². The summed E-state index contributed by atoms with van der Waals surface area (Å²) in [6, 6.07) is 0. The molecule has 0 saturated heterocycles. The third-order valence-corrected chi connectivity index (χ3v) is 3.11. The summed E-state index contributed by atoms with van der Waals surface area (Å²) in [5.41, 5.74) is 10.1. The summed E-state index contributed by atoms with van der Waals surface area (Å²) in [4.78, 5) is 0. The van der Waals surface area contributed by atoms with E-state index in [0.717, 1.165) is 22.4 Å². The Labute approximate surface area is 98.5 Å². The van der Waals surface area contributed by atoms with Crippen LogP contribution in [0, 0.1) is 5.41 Å². The average molecular weight is 221 g/mol. The third kappa shape index (κ3) is 2.99. The Kier molecular flexibility index (Phi) is 3.64. The highest BCUT2D eigenvalue weighted by molar-refractivity contribution is 5.41. The zero-order valence-electron chi connectivity index (χ0n) is 10.8. The molecular weight excluding hydrogens is 198 g/mol. The van der Waals surface area contributed by atoms with Crippen molar-refractivity contribution in [2.75, 3.05) is 0 Å². The van der Waals surface area contributed by atoms with Gasteiger partial charge in [-0.05, 0) is 29.1 Å². The summed E-state index contributed by atoms with van der Waals surface area (Å²) < 4.78 is 0. The molecule has 1 aliphatic carbocycles. The van der Waals surface area contributed by atoms with Gasteiger partial charge in [-0.1, -0.05) is 33.4 Å². The standard InChI is InChI=1S/C14H23NO/c1-9(6-10(2)14(3,4)5)12-7-11(16)8-13(12)15/h6,11,16H,2,7-8,15H2,1,3-5H3/b9-6-. The van der Waals surface area contributed by atoms with E-state index in [0.29, 0.717) is 12.8 Å². The van der Waals surface area contributed by atoms with E-state index in [9.17, 15) is 5.11 Å². The molecule has 0 radical (unpaired) electrons. The van der Waals surface area contributed by atoms with Crippen LogP contribution in [0.25, 0.3) is 0 Å². The van der Waals surface area contributed by atoms with E-state index in [2.05, 4.69) is 33.4 Å². The second-order valence-electron chi connectivity index (χ2n) is 5.67. The maximum atomic E-state index is 9.54. The highest BCUT2D eigenvalue weighted by atomic mass is 16.3. The number of allylic oxidation sites excluding steroid dienone is 3. The first kappa shape index (κ1) is 13.0. The fourth-order valence-corrected chi connectivity index (χ4v) is 1.80. The van der Waals surface area contributed by atoms with Crippen LogP contribution in [0.4, 0.5) is 0 Å². The molecule has 1 rings (SSSR count). The van der Waals surface area contributed by atoms with Gasteiger partial charge in [0.2, 0.25) is 0 Å². The molecule has 1 aliphatic rings. The van der Waals surface area contributed by atoms with E-state index in [-0.39, 0.29) is 11.5 Å². The Morgan fingerprint density at radius 1 is 1.44 bits per heavy atom. The number of aliphatic hydroxyl groups is 1. The van der Waals surface area contributed by atoms with E-state index in [4.69, 9.17) is 5.73 Å². The second-order valence-corrected chi connectivity index (χ2v) is 5.67. The predicted octanol–water partition coefficient (Wildman–Crippen LogP) is 2.90. The topological polar surface area (TPSA) is 46.2 Å². The smallest absolute Gasteiger partial charge is 0.0635 e. The lowest BCUT2D eigenvalue weighted by Gasteiger charge is -2.20. The van der Waals surface area contributed by atoms with Gasteiger partial charge in [-0.2, -0.15) is 0 Å². The summed E-state index contributed by atoms with van der Waals surface area (Å²) in [7, 11) is 0. The van der Waals surface area contributed by atoms with Gasteiger partial charge in [-0.3, -0.25) is 0 Å². The van der Waals surface area contributed by atoms with Gasteiger partial charge in [0.1, 0.15) is 0 Å². The van der Waals surface area contributed by atoms with Crippen molar-refractivity contribution >= 4 is 0 Å². The Bertz CT molecular complexity index is 355. The number of nitrogens with two attached hydrogens (primary N) is 1. The van der Waals surface area contributed by atoms with Gasteiger partial charge in [-0.15, -0.1) is 0 Å². The number of hydrogen-bond donors (Lipinski definition) is 2. The molecule has 0 heterocycles. The summed E-state index contributed by atoms with van der Waals surface area (Å²) in [5.74, 6) is 0. The van der Waals surface area contributed by atoms with Crippen LogP contribution in [0.15, 0.2) is 35.1 Å². The molecule has 3 N–H and O–H groups in total. The van der Waals surface area contributed by atoms with Crippen molar-refractivity contribution in [3.05, 3.63) is 35.1 Å². The third-order valence-electron chi connectivity index (χ3n) is 3.11. The summed E-state index contributed by atoms with van der Waals surface area (Å²) in [6.45, 7) is 12.5. The lowest BCUT2D eigenvalue weighted by atomic mass is 9.86. The van der Waals surface area contributed by atoms with Crippen molar-refractivity contribution in [3.8, 4) is 0 Å². The minimum absolute atomic E-state index is 0.0772. The normalized spacial score (nSPS) is 22.8. The van der Waals surface area contributed by atoms with Gasteiger partial charge in [0.25, 0.3) is 0 Å². The van der Waals surface area contributed by atoms with Gasteiger partial charge in [0.15, 0.2) is 0 Å². The van der Waals surface area contributed by atoms with Crippen molar-refractivity contribution < 1.29 is 5.11 Å². The zero-order valence-corrected chi connectivity index (χ0v) is 10.8. The monoisotopic (exact) mass is 221 g/mol. The zero-order chi connectivity index (χ0) is 12.5.